The molecule has 0 aromatic carbocycles. The van der Waals surface area contributed by atoms with Crippen LogP contribution in [0.5, 0.6) is 0 Å². The Morgan fingerprint density at radius 1 is 1.50 bits per heavy atom. The molecule has 1 heterocycles. The molecule has 0 aromatic rings. The van der Waals surface area contributed by atoms with E-state index >= 15 is 0 Å². The number of nitrogens with one attached hydrogen (secondary N) is 1. The SMILES string of the molecule is COC(=O)C1=NN[C@H]2[C@@H]3CCC(C3)[C@H]12. The van der Waals surface area contributed by atoms with E-state index in [1.54, 1.807) is 0 Å². The second kappa shape index (κ2) is 2.72. The van der Waals surface area contributed by atoms with Crippen LogP contribution in [0.15, 0.2) is 5.10 Å². The maximum Gasteiger partial charge on any atom is 0.354 e. The monoisotopic (exact) mass is 194 g/mol. The highest BCUT2D eigenvalue weighted by Crippen LogP contribution is 2.50. The van der Waals surface area contributed by atoms with Crippen molar-refractivity contribution in [2.45, 2.75) is 25.3 Å². The normalized spacial score (nSPS) is 43.1. The van der Waals surface area contributed by atoms with Gasteiger partial charge in [0.1, 0.15) is 0 Å². The van der Waals surface area contributed by atoms with Gasteiger partial charge in [0.15, 0.2) is 5.71 Å². The van der Waals surface area contributed by atoms with Crippen molar-refractivity contribution in [3.63, 3.8) is 0 Å². The molecule has 14 heavy (non-hydrogen) atoms. The summed E-state index contributed by atoms with van der Waals surface area (Å²) in [6.07, 6.45) is 3.81. The number of fused-ring (bicyclic) bond motifs is 5. The summed E-state index contributed by atoms with van der Waals surface area (Å²) in [4.78, 5) is 11.4. The van der Waals surface area contributed by atoms with Gasteiger partial charge in [0.25, 0.3) is 0 Å². The first-order chi connectivity index (χ1) is 6.81. The first-order valence-electron chi connectivity index (χ1n) is 5.22. The number of nitrogens with zero attached hydrogens (tertiary/aromatic N) is 1. The van der Waals surface area contributed by atoms with Gasteiger partial charge in [-0.1, -0.05) is 0 Å². The van der Waals surface area contributed by atoms with E-state index < -0.39 is 0 Å². The van der Waals surface area contributed by atoms with Crippen LogP contribution in [0, 0.1) is 17.8 Å². The predicted molar refractivity (Wildman–Crippen MR) is 50.7 cm³/mol. The minimum absolute atomic E-state index is 0.252. The molecule has 2 aliphatic carbocycles. The lowest BCUT2D eigenvalue weighted by Crippen LogP contribution is -2.37. The number of esters is 1. The molecular formula is C10H14N2O2. The summed E-state index contributed by atoms with van der Waals surface area (Å²) >= 11 is 0. The van der Waals surface area contributed by atoms with Crippen LogP contribution in [0.25, 0.3) is 0 Å². The summed E-state index contributed by atoms with van der Waals surface area (Å²) < 4.78 is 4.74. The molecule has 2 fully saturated rings. The Balaban J connectivity index is 1.87. The van der Waals surface area contributed by atoms with Gasteiger partial charge in [-0.25, -0.2) is 4.79 Å². The van der Waals surface area contributed by atoms with Gasteiger partial charge < -0.3 is 10.2 Å². The van der Waals surface area contributed by atoms with E-state index in [-0.39, 0.29) is 5.97 Å². The van der Waals surface area contributed by atoms with Crippen molar-refractivity contribution in [3.8, 4) is 0 Å². The van der Waals surface area contributed by atoms with E-state index in [4.69, 9.17) is 4.74 Å². The summed E-state index contributed by atoms with van der Waals surface area (Å²) in [5.74, 6) is 1.48. The fourth-order valence-electron chi connectivity index (χ4n) is 3.38. The van der Waals surface area contributed by atoms with Gasteiger partial charge in [-0.3, -0.25) is 0 Å². The van der Waals surface area contributed by atoms with Crippen LogP contribution >= 0.6 is 0 Å². The van der Waals surface area contributed by atoms with E-state index in [0.717, 1.165) is 5.92 Å². The first kappa shape index (κ1) is 8.26. The number of ether oxygens (including phenoxy) is 1. The van der Waals surface area contributed by atoms with Crippen LogP contribution in [0.3, 0.4) is 0 Å². The van der Waals surface area contributed by atoms with E-state index in [0.29, 0.717) is 23.6 Å². The van der Waals surface area contributed by atoms with E-state index in [1.807, 2.05) is 0 Å². The van der Waals surface area contributed by atoms with E-state index in [2.05, 4.69) is 10.5 Å². The zero-order chi connectivity index (χ0) is 9.71. The Kier molecular flexibility index (Phi) is 1.60. The van der Waals surface area contributed by atoms with Crippen molar-refractivity contribution >= 4 is 11.7 Å². The molecule has 1 unspecified atom stereocenters. The predicted octanol–water partition coefficient (Wildman–Crippen LogP) is 0.533. The largest absolute Gasteiger partial charge is 0.464 e. The molecule has 0 spiro atoms. The Hall–Kier alpha value is -1.06. The average molecular weight is 194 g/mol. The molecule has 0 amide bonds. The number of hydrazone groups is 1. The number of hydrogen-bond acceptors (Lipinski definition) is 4. The van der Waals surface area contributed by atoms with Crippen LogP contribution in [0.1, 0.15) is 19.3 Å². The molecule has 2 saturated carbocycles. The van der Waals surface area contributed by atoms with Gasteiger partial charge in [0.2, 0.25) is 0 Å². The molecule has 0 radical (unpaired) electrons. The summed E-state index contributed by atoms with van der Waals surface area (Å²) in [6, 6.07) is 0.419. The van der Waals surface area contributed by atoms with Crippen LogP contribution in [-0.2, 0) is 9.53 Å². The Morgan fingerprint density at radius 2 is 2.29 bits per heavy atom. The maximum absolute atomic E-state index is 11.4. The third-order valence-electron chi connectivity index (χ3n) is 3.96. The lowest BCUT2D eigenvalue weighted by Gasteiger charge is -2.23. The fourth-order valence-corrected chi connectivity index (χ4v) is 3.38. The summed E-state index contributed by atoms with van der Waals surface area (Å²) in [7, 11) is 1.42. The molecule has 1 aliphatic heterocycles. The molecule has 2 bridgehead atoms. The Labute approximate surface area is 82.7 Å². The topological polar surface area (TPSA) is 50.7 Å². The molecule has 4 heteroatoms. The number of hydrogen-bond donors (Lipinski definition) is 1. The van der Waals surface area contributed by atoms with Gasteiger partial charge >= 0.3 is 5.97 Å². The number of methoxy groups -OCH3 is 1. The molecule has 4 atom stereocenters. The van der Waals surface area contributed by atoms with Crippen molar-refractivity contribution in [3.05, 3.63) is 0 Å². The average Bonchev–Trinajstić information content (AvgIpc) is 2.87. The molecule has 4 nitrogen and oxygen atoms in total. The molecule has 3 aliphatic rings. The standard InChI is InChI=1S/C10H14N2O2/c1-14-10(13)9-7-5-2-3-6(4-5)8(7)11-12-9/h5-8,11H,2-4H2,1H3/t5?,6-,7+,8+/m1/s1. The van der Waals surface area contributed by atoms with Crippen LogP contribution in [0.2, 0.25) is 0 Å². The van der Waals surface area contributed by atoms with Gasteiger partial charge in [0, 0.05) is 5.92 Å². The third-order valence-corrected chi connectivity index (χ3v) is 3.96. The Morgan fingerprint density at radius 3 is 3.07 bits per heavy atom. The number of carbonyl (C=O) groups is 1. The minimum atomic E-state index is -0.252. The van der Waals surface area contributed by atoms with Crippen molar-refractivity contribution in [1.82, 2.24) is 5.43 Å². The lowest BCUT2D eigenvalue weighted by atomic mass is 9.82. The summed E-state index contributed by atoms with van der Waals surface area (Å²) in [6.45, 7) is 0. The van der Waals surface area contributed by atoms with E-state index in [9.17, 15) is 4.79 Å². The minimum Gasteiger partial charge on any atom is -0.464 e. The molecule has 76 valence electrons. The van der Waals surface area contributed by atoms with Crippen molar-refractivity contribution in [2.75, 3.05) is 7.11 Å². The van der Waals surface area contributed by atoms with Crippen molar-refractivity contribution in [1.29, 1.82) is 0 Å². The number of rotatable bonds is 1. The zero-order valence-electron chi connectivity index (χ0n) is 8.19. The smallest absolute Gasteiger partial charge is 0.354 e. The van der Waals surface area contributed by atoms with Gasteiger partial charge in [-0.15, -0.1) is 0 Å². The van der Waals surface area contributed by atoms with Gasteiger partial charge in [-0.05, 0) is 31.1 Å². The van der Waals surface area contributed by atoms with Gasteiger partial charge in [0.05, 0.1) is 13.2 Å². The molecule has 0 aromatic heterocycles. The lowest BCUT2D eigenvalue weighted by molar-refractivity contribution is -0.133. The molecule has 3 rings (SSSR count). The Bertz CT molecular complexity index is 313. The maximum atomic E-state index is 11.4. The van der Waals surface area contributed by atoms with Gasteiger partial charge in [-0.2, -0.15) is 5.10 Å². The van der Waals surface area contributed by atoms with Crippen molar-refractivity contribution < 1.29 is 9.53 Å². The van der Waals surface area contributed by atoms with E-state index in [1.165, 1.54) is 26.4 Å². The molecule has 0 saturated heterocycles. The highest BCUT2D eigenvalue weighted by Gasteiger charge is 2.53. The van der Waals surface area contributed by atoms with Crippen LogP contribution < -0.4 is 5.43 Å². The van der Waals surface area contributed by atoms with Crippen LogP contribution in [0.4, 0.5) is 0 Å². The highest BCUT2D eigenvalue weighted by atomic mass is 16.5. The summed E-state index contributed by atoms with van der Waals surface area (Å²) in [5, 5.41) is 4.12. The quantitative estimate of drug-likeness (QED) is 0.619. The number of carbonyl (C=O) groups excluding carboxylic acids is 1. The second-order valence-electron chi connectivity index (χ2n) is 4.50. The van der Waals surface area contributed by atoms with Crippen LogP contribution in [-0.4, -0.2) is 24.8 Å². The molecule has 1 N–H and O–H groups in total. The first-order valence-corrected chi connectivity index (χ1v) is 5.22. The highest BCUT2D eigenvalue weighted by molar-refractivity contribution is 6.38. The fraction of sp³-hybridized carbons (Fsp3) is 0.800. The molecular weight excluding hydrogens is 180 g/mol. The zero-order valence-corrected chi connectivity index (χ0v) is 8.19. The third kappa shape index (κ3) is 0.885. The summed E-state index contributed by atoms with van der Waals surface area (Å²) in [5.41, 5.74) is 3.73. The second-order valence-corrected chi connectivity index (χ2v) is 4.50. The van der Waals surface area contributed by atoms with Crippen molar-refractivity contribution in [2.24, 2.45) is 22.9 Å².